The molecule has 0 spiro atoms. The summed E-state index contributed by atoms with van der Waals surface area (Å²) >= 11 is 0. The first-order valence-corrected chi connectivity index (χ1v) is 9.94. The maximum absolute atomic E-state index is 12.7. The highest BCUT2D eigenvalue weighted by molar-refractivity contribution is 7.89. The number of sulfonamides is 1. The first kappa shape index (κ1) is 15.7. The smallest absolute Gasteiger partial charge is 0.219 e. The first-order valence-electron chi connectivity index (χ1n) is 8.43. The van der Waals surface area contributed by atoms with Crippen LogP contribution < -0.4 is 0 Å². The van der Waals surface area contributed by atoms with E-state index in [4.69, 9.17) is 4.74 Å². The van der Waals surface area contributed by atoms with Gasteiger partial charge in [-0.05, 0) is 52.1 Å². The Morgan fingerprint density at radius 3 is 2.19 bits per heavy atom. The molecule has 122 valence electrons. The second-order valence-electron chi connectivity index (χ2n) is 6.67. The molecule has 0 amide bonds. The zero-order valence-electron chi connectivity index (χ0n) is 13.0. The number of likely N-dealkylation sites (tertiary alicyclic amines) is 1. The van der Waals surface area contributed by atoms with Gasteiger partial charge < -0.3 is 9.64 Å². The van der Waals surface area contributed by atoms with Crippen LogP contribution in [0.25, 0.3) is 0 Å². The molecule has 0 bridgehead atoms. The molecule has 0 saturated carbocycles. The van der Waals surface area contributed by atoms with Crippen LogP contribution >= 0.6 is 0 Å². The number of hydrogen-bond donors (Lipinski definition) is 0. The van der Waals surface area contributed by atoms with E-state index < -0.39 is 10.0 Å². The summed E-state index contributed by atoms with van der Waals surface area (Å²) in [5, 5.41) is -0.330. The van der Waals surface area contributed by atoms with E-state index in [9.17, 15) is 8.42 Å². The number of piperidine rings is 2. The molecule has 0 aliphatic carbocycles. The topological polar surface area (TPSA) is 49.9 Å². The van der Waals surface area contributed by atoms with E-state index >= 15 is 0 Å². The third kappa shape index (κ3) is 3.28. The number of ether oxygens (including phenoxy) is 1. The highest BCUT2D eigenvalue weighted by atomic mass is 32.2. The molecule has 3 aliphatic heterocycles. The lowest BCUT2D eigenvalue weighted by atomic mass is 10.0. The fraction of sp³-hybridized carbons (Fsp3) is 1.00. The van der Waals surface area contributed by atoms with E-state index in [1.165, 1.54) is 32.4 Å². The second kappa shape index (κ2) is 6.52. The van der Waals surface area contributed by atoms with Crippen molar-refractivity contribution in [2.45, 2.75) is 62.8 Å². The molecule has 6 heteroatoms. The normalized spacial score (nSPS) is 34.3. The van der Waals surface area contributed by atoms with Crippen LogP contribution in [0.2, 0.25) is 0 Å². The van der Waals surface area contributed by atoms with Crippen LogP contribution in [0.15, 0.2) is 0 Å². The molecule has 5 nitrogen and oxygen atoms in total. The summed E-state index contributed by atoms with van der Waals surface area (Å²) in [5.74, 6) is 0. The van der Waals surface area contributed by atoms with Crippen molar-refractivity contribution in [3.8, 4) is 0 Å². The van der Waals surface area contributed by atoms with Gasteiger partial charge in [-0.25, -0.2) is 12.7 Å². The largest absolute Gasteiger partial charge is 0.377 e. The van der Waals surface area contributed by atoms with Gasteiger partial charge in [-0.1, -0.05) is 6.42 Å². The van der Waals surface area contributed by atoms with Gasteiger partial charge in [-0.2, -0.15) is 0 Å². The van der Waals surface area contributed by atoms with E-state index in [2.05, 4.69) is 4.90 Å². The molecular formula is C15H28N2O3S. The molecule has 3 saturated heterocycles. The molecule has 0 aromatic rings. The van der Waals surface area contributed by atoms with E-state index in [1.54, 1.807) is 4.31 Å². The van der Waals surface area contributed by atoms with Crippen molar-refractivity contribution in [3.63, 3.8) is 0 Å². The second-order valence-corrected chi connectivity index (χ2v) is 8.83. The summed E-state index contributed by atoms with van der Waals surface area (Å²) in [6, 6.07) is 0.592. The highest BCUT2D eigenvalue weighted by Crippen LogP contribution is 2.28. The Morgan fingerprint density at radius 2 is 1.62 bits per heavy atom. The Balaban J connectivity index is 1.57. The average molecular weight is 316 g/mol. The van der Waals surface area contributed by atoms with Crippen LogP contribution in [0.3, 0.4) is 0 Å². The third-order valence-electron chi connectivity index (χ3n) is 5.38. The van der Waals surface area contributed by atoms with E-state index in [0.717, 1.165) is 12.8 Å². The van der Waals surface area contributed by atoms with Crippen LogP contribution in [0.1, 0.15) is 45.4 Å². The monoisotopic (exact) mass is 316 g/mol. The Kier molecular flexibility index (Phi) is 4.88. The van der Waals surface area contributed by atoms with Crippen molar-refractivity contribution >= 4 is 10.0 Å². The van der Waals surface area contributed by atoms with Crippen molar-refractivity contribution in [3.05, 3.63) is 0 Å². The molecule has 0 aromatic carbocycles. The fourth-order valence-electron chi connectivity index (χ4n) is 4.04. The van der Waals surface area contributed by atoms with E-state index in [0.29, 0.717) is 32.2 Å². The van der Waals surface area contributed by atoms with Gasteiger partial charge in [0, 0.05) is 25.7 Å². The highest BCUT2D eigenvalue weighted by Gasteiger charge is 2.41. The Bertz CT molecular complexity index is 440. The molecule has 3 fully saturated rings. The van der Waals surface area contributed by atoms with Crippen molar-refractivity contribution < 1.29 is 13.2 Å². The van der Waals surface area contributed by atoms with Gasteiger partial charge in [0.1, 0.15) is 5.25 Å². The minimum absolute atomic E-state index is 0.158. The predicted octanol–water partition coefficient (Wildman–Crippen LogP) is 1.44. The molecule has 0 radical (unpaired) electrons. The zero-order chi connectivity index (χ0) is 14.9. The lowest BCUT2D eigenvalue weighted by Gasteiger charge is -2.40. The number of rotatable bonds is 3. The van der Waals surface area contributed by atoms with Crippen LogP contribution in [-0.4, -0.2) is 67.8 Å². The van der Waals surface area contributed by atoms with Gasteiger partial charge in [0.15, 0.2) is 0 Å². The maximum Gasteiger partial charge on any atom is 0.219 e. The van der Waals surface area contributed by atoms with Gasteiger partial charge in [0.05, 0.1) is 6.10 Å². The zero-order valence-corrected chi connectivity index (χ0v) is 13.9. The minimum atomic E-state index is -3.18. The van der Waals surface area contributed by atoms with Crippen LogP contribution in [0.5, 0.6) is 0 Å². The Morgan fingerprint density at radius 1 is 0.952 bits per heavy atom. The Hall–Kier alpha value is -0.170. The third-order valence-corrected chi connectivity index (χ3v) is 7.85. The van der Waals surface area contributed by atoms with Gasteiger partial charge in [-0.15, -0.1) is 0 Å². The molecule has 3 aliphatic rings. The summed E-state index contributed by atoms with van der Waals surface area (Å²) < 4.78 is 32.6. The van der Waals surface area contributed by atoms with Crippen LogP contribution in [0, 0.1) is 0 Å². The lowest BCUT2D eigenvalue weighted by Crippen LogP contribution is -2.50. The molecule has 3 heterocycles. The van der Waals surface area contributed by atoms with E-state index in [1.807, 2.05) is 6.92 Å². The maximum atomic E-state index is 12.7. The fourth-order valence-corrected chi connectivity index (χ4v) is 6.10. The molecule has 2 atom stereocenters. The Labute approximate surface area is 128 Å². The summed E-state index contributed by atoms with van der Waals surface area (Å²) in [5.41, 5.74) is 0. The number of hydrogen-bond acceptors (Lipinski definition) is 4. The summed E-state index contributed by atoms with van der Waals surface area (Å²) in [6.07, 6.45) is 6.42. The average Bonchev–Trinajstić information content (AvgIpc) is 2.95. The van der Waals surface area contributed by atoms with Crippen LogP contribution in [0.4, 0.5) is 0 Å². The van der Waals surface area contributed by atoms with Gasteiger partial charge in [0.25, 0.3) is 0 Å². The van der Waals surface area contributed by atoms with Crippen molar-refractivity contribution in [2.24, 2.45) is 0 Å². The predicted molar refractivity (Wildman–Crippen MR) is 82.8 cm³/mol. The van der Waals surface area contributed by atoms with E-state index in [-0.39, 0.29) is 11.4 Å². The first-order chi connectivity index (χ1) is 10.1. The number of nitrogens with zero attached hydrogens (tertiary/aromatic N) is 2. The molecule has 2 unspecified atom stereocenters. The van der Waals surface area contributed by atoms with Gasteiger partial charge >= 0.3 is 0 Å². The van der Waals surface area contributed by atoms with Crippen molar-refractivity contribution in [1.82, 2.24) is 9.21 Å². The van der Waals surface area contributed by atoms with Crippen LogP contribution in [-0.2, 0) is 14.8 Å². The van der Waals surface area contributed by atoms with Crippen molar-refractivity contribution in [1.29, 1.82) is 0 Å². The summed E-state index contributed by atoms with van der Waals surface area (Å²) in [7, 11) is -3.18. The molecular weight excluding hydrogens is 288 g/mol. The summed E-state index contributed by atoms with van der Waals surface area (Å²) in [4.78, 5) is 2.58. The molecule has 0 aromatic heterocycles. The summed E-state index contributed by atoms with van der Waals surface area (Å²) in [6.45, 7) is 6.24. The molecule has 0 N–H and O–H groups in total. The molecule has 21 heavy (non-hydrogen) atoms. The minimum Gasteiger partial charge on any atom is -0.377 e. The quantitative estimate of drug-likeness (QED) is 0.791. The van der Waals surface area contributed by atoms with Gasteiger partial charge in [-0.3, -0.25) is 0 Å². The van der Waals surface area contributed by atoms with Gasteiger partial charge in [0.2, 0.25) is 10.0 Å². The lowest BCUT2D eigenvalue weighted by molar-refractivity contribution is 0.114. The SMILES string of the molecule is CC1OCCC1S(=O)(=O)N1CCC(N2CCCCC2)CC1. The molecule has 3 rings (SSSR count). The van der Waals surface area contributed by atoms with Crippen molar-refractivity contribution in [2.75, 3.05) is 32.8 Å². The standard InChI is InChI=1S/C15H28N2O3S/c1-13-15(7-12-20-13)21(18,19)17-10-5-14(6-11-17)16-8-3-2-4-9-16/h13-15H,2-12H2,1H3.